The summed E-state index contributed by atoms with van der Waals surface area (Å²) in [6, 6.07) is 14.5. The zero-order valence-electron chi connectivity index (χ0n) is 15.1. The zero-order chi connectivity index (χ0) is 18.4. The summed E-state index contributed by atoms with van der Waals surface area (Å²) in [5.41, 5.74) is 3.11. The molecule has 5 nitrogen and oxygen atoms in total. The first kappa shape index (κ1) is 18.5. The van der Waals surface area contributed by atoms with Crippen molar-refractivity contribution in [3.63, 3.8) is 0 Å². The summed E-state index contributed by atoms with van der Waals surface area (Å²) < 4.78 is 4.81. The first-order valence-electron chi connectivity index (χ1n) is 8.25. The Morgan fingerprint density at radius 3 is 1.92 bits per heavy atom. The van der Waals surface area contributed by atoms with Gasteiger partial charge < -0.3 is 10.1 Å². The molecule has 132 valence electrons. The van der Waals surface area contributed by atoms with Gasteiger partial charge >= 0.3 is 6.09 Å². The molecule has 0 aliphatic heterocycles. The van der Waals surface area contributed by atoms with Crippen molar-refractivity contribution in [1.82, 2.24) is 0 Å². The molecule has 0 atom stereocenters. The number of ether oxygens (including phenoxy) is 1. The number of carbonyl (C=O) groups excluding carboxylic acids is 2. The van der Waals surface area contributed by atoms with E-state index in [1.807, 2.05) is 24.3 Å². The Labute approximate surface area is 148 Å². The van der Waals surface area contributed by atoms with Gasteiger partial charge in [0.15, 0.2) is 0 Å². The number of nitrogens with one attached hydrogen (secondary N) is 2. The normalized spacial score (nSPS) is 10.9. The van der Waals surface area contributed by atoms with Crippen LogP contribution in [0.2, 0.25) is 0 Å². The fourth-order valence-electron chi connectivity index (χ4n) is 2.25. The molecule has 0 aliphatic carbocycles. The average Bonchev–Trinajstić information content (AvgIpc) is 2.55. The summed E-state index contributed by atoms with van der Waals surface area (Å²) in [6.45, 7) is 8.48. The van der Waals surface area contributed by atoms with Crippen LogP contribution in [0.25, 0.3) is 0 Å². The highest BCUT2D eigenvalue weighted by Crippen LogP contribution is 2.23. The number of carbonyl (C=O) groups is 2. The summed E-state index contributed by atoms with van der Waals surface area (Å²) in [6.07, 6.45) is -0.515. The Bertz CT molecular complexity index is 729. The highest BCUT2D eigenvalue weighted by Gasteiger charge is 2.13. The van der Waals surface area contributed by atoms with Crippen molar-refractivity contribution in [2.45, 2.75) is 33.1 Å². The average molecular weight is 340 g/mol. The summed E-state index contributed by atoms with van der Waals surface area (Å²) >= 11 is 0. The van der Waals surface area contributed by atoms with E-state index in [0.717, 1.165) is 5.69 Å². The number of hydrogen-bond acceptors (Lipinski definition) is 3. The third-order valence-electron chi connectivity index (χ3n) is 3.68. The monoisotopic (exact) mass is 340 g/mol. The van der Waals surface area contributed by atoms with Crippen LogP contribution in [0.4, 0.5) is 16.2 Å². The Morgan fingerprint density at radius 1 is 0.880 bits per heavy atom. The smallest absolute Gasteiger partial charge is 0.411 e. The minimum Gasteiger partial charge on any atom is -0.450 e. The van der Waals surface area contributed by atoms with Crippen molar-refractivity contribution >= 4 is 23.4 Å². The Morgan fingerprint density at radius 2 is 1.40 bits per heavy atom. The van der Waals surface area contributed by atoms with Gasteiger partial charge in [-0.2, -0.15) is 0 Å². The first-order chi connectivity index (χ1) is 11.8. The molecule has 0 aromatic heterocycles. The van der Waals surface area contributed by atoms with Gasteiger partial charge in [-0.3, -0.25) is 10.1 Å². The molecule has 0 aliphatic rings. The Kier molecular flexibility index (Phi) is 5.80. The number of anilines is 2. The molecule has 25 heavy (non-hydrogen) atoms. The molecule has 2 aromatic carbocycles. The summed E-state index contributed by atoms with van der Waals surface area (Å²) in [5.74, 6) is -0.203. The molecule has 2 rings (SSSR count). The van der Waals surface area contributed by atoms with Crippen LogP contribution in [0.3, 0.4) is 0 Å². The van der Waals surface area contributed by atoms with Crippen molar-refractivity contribution in [1.29, 1.82) is 0 Å². The van der Waals surface area contributed by atoms with E-state index in [4.69, 9.17) is 4.74 Å². The lowest BCUT2D eigenvalue weighted by molar-refractivity contribution is 0.102. The number of benzene rings is 2. The fraction of sp³-hybridized carbons (Fsp3) is 0.300. The second kappa shape index (κ2) is 7.83. The topological polar surface area (TPSA) is 67.4 Å². The minimum absolute atomic E-state index is 0.0737. The molecule has 2 N–H and O–H groups in total. The van der Waals surface area contributed by atoms with Crippen LogP contribution in [0, 0.1) is 0 Å². The molecule has 0 unspecified atom stereocenters. The van der Waals surface area contributed by atoms with Crippen molar-refractivity contribution < 1.29 is 14.3 Å². The van der Waals surface area contributed by atoms with Gasteiger partial charge in [0.05, 0.1) is 6.61 Å². The minimum atomic E-state index is -0.515. The molecule has 0 bridgehead atoms. The highest BCUT2D eigenvalue weighted by atomic mass is 16.5. The maximum absolute atomic E-state index is 12.3. The van der Waals surface area contributed by atoms with Crippen LogP contribution in [-0.2, 0) is 10.2 Å². The van der Waals surface area contributed by atoms with Crippen molar-refractivity contribution in [3.8, 4) is 0 Å². The van der Waals surface area contributed by atoms with E-state index in [9.17, 15) is 9.59 Å². The Balaban J connectivity index is 2.00. The second-order valence-electron chi connectivity index (χ2n) is 6.70. The van der Waals surface area contributed by atoms with E-state index < -0.39 is 6.09 Å². The van der Waals surface area contributed by atoms with Crippen LogP contribution >= 0.6 is 0 Å². The molecular formula is C20H24N2O3. The number of amides is 2. The van der Waals surface area contributed by atoms with Crippen LogP contribution in [-0.4, -0.2) is 18.6 Å². The number of rotatable bonds is 4. The van der Waals surface area contributed by atoms with E-state index in [1.165, 1.54) is 5.56 Å². The van der Waals surface area contributed by atoms with E-state index in [1.54, 1.807) is 31.2 Å². The van der Waals surface area contributed by atoms with Gasteiger partial charge in [-0.1, -0.05) is 32.9 Å². The maximum Gasteiger partial charge on any atom is 0.411 e. The van der Waals surface area contributed by atoms with Gasteiger partial charge in [0, 0.05) is 16.9 Å². The van der Waals surface area contributed by atoms with E-state index in [0.29, 0.717) is 17.9 Å². The zero-order valence-corrected chi connectivity index (χ0v) is 15.1. The molecule has 2 amide bonds. The largest absolute Gasteiger partial charge is 0.450 e. The fourth-order valence-corrected chi connectivity index (χ4v) is 2.25. The molecule has 0 fully saturated rings. The standard InChI is InChI=1S/C20H24N2O3/c1-5-25-19(24)22-17-10-6-14(7-11-17)18(23)21-16-12-8-15(9-13-16)20(2,3)4/h6-13H,5H2,1-4H3,(H,21,23)(H,22,24). The van der Waals surface area contributed by atoms with E-state index in [-0.39, 0.29) is 11.3 Å². The summed E-state index contributed by atoms with van der Waals surface area (Å²) in [4.78, 5) is 23.7. The lowest BCUT2D eigenvalue weighted by Gasteiger charge is -2.19. The predicted molar refractivity (Wildman–Crippen MR) is 100 cm³/mol. The lowest BCUT2D eigenvalue weighted by Crippen LogP contribution is -2.15. The molecule has 0 spiro atoms. The van der Waals surface area contributed by atoms with Crippen molar-refractivity contribution in [3.05, 3.63) is 59.7 Å². The van der Waals surface area contributed by atoms with E-state index in [2.05, 4.69) is 31.4 Å². The van der Waals surface area contributed by atoms with Crippen LogP contribution in [0.15, 0.2) is 48.5 Å². The summed E-state index contributed by atoms with van der Waals surface area (Å²) in [7, 11) is 0. The van der Waals surface area contributed by atoms with Gasteiger partial charge in [-0.15, -0.1) is 0 Å². The molecule has 0 radical (unpaired) electrons. The third-order valence-corrected chi connectivity index (χ3v) is 3.68. The van der Waals surface area contributed by atoms with Gasteiger partial charge in [-0.25, -0.2) is 4.79 Å². The van der Waals surface area contributed by atoms with Gasteiger partial charge in [0.2, 0.25) is 0 Å². The Hall–Kier alpha value is -2.82. The molecule has 5 heteroatoms. The molecule has 0 saturated carbocycles. The molecule has 0 heterocycles. The maximum atomic E-state index is 12.3. The van der Waals surface area contributed by atoms with Crippen molar-refractivity contribution in [2.75, 3.05) is 17.2 Å². The molecule has 0 saturated heterocycles. The van der Waals surface area contributed by atoms with Gasteiger partial charge in [0.25, 0.3) is 5.91 Å². The van der Waals surface area contributed by atoms with Crippen molar-refractivity contribution in [2.24, 2.45) is 0 Å². The predicted octanol–water partition coefficient (Wildman–Crippen LogP) is 4.80. The van der Waals surface area contributed by atoms with Gasteiger partial charge in [0.1, 0.15) is 0 Å². The van der Waals surface area contributed by atoms with Crippen LogP contribution in [0.5, 0.6) is 0 Å². The van der Waals surface area contributed by atoms with Crippen LogP contribution in [0.1, 0.15) is 43.6 Å². The highest BCUT2D eigenvalue weighted by molar-refractivity contribution is 6.04. The molecular weight excluding hydrogens is 316 g/mol. The lowest BCUT2D eigenvalue weighted by atomic mass is 9.87. The second-order valence-corrected chi connectivity index (χ2v) is 6.70. The third kappa shape index (κ3) is 5.35. The van der Waals surface area contributed by atoms with Gasteiger partial charge in [-0.05, 0) is 54.3 Å². The first-order valence-corrected chi connectivity index (χ1v) is 8.25. The SMILES string of the molecule is CCOC(=O)Nc1ccc(C(=O)Nc2ccc(C(C)(C)C)cc2)cc1. The summed E-state index contributed by atoms with van der Waals surface area (Å²) in [5, 5.41) is 5.45. The quantitative estimate of drug-likeness (QED) is 0.839. The van der Waals surface area contributed by atoms with E-state index >= 15 is 0 Å². The number of hydrogen-bond donors (Lipinski definition) is 2. The molecule has 2 aromatic rings. The van der Waals surface area contributed by atoms with Crippen LogP contribution < -0.4 is 10.6 Å².